The highest BCUT2D eigenvalue weighted by atomic mass is 16.7. The van der Waals surface area contributed by atoms with Crippen molar-refractivity contribution < 1.29 is 33.6 Å². The van der Waals surface area contributed by atoms with Gasteiger partial charge in [-0.2, -0.15) is 0 Å². The summed E-state index contributed by atoms with van der Waals surface area (Å²) in [6.45, 7) is 4.15. The molecule has 0 radical (unpaired) electrons. The van der Waals surface area contributed by atoms with Crippen LogP contribution < -0.4 is 26.0 Å². The van der Waals surface area contributed by atoms with E-state index in [1.807, 2.05) is 20.9 Å². The number of rotatable bonds is 16. The smallest absolute Gasteiger partial charge is 0.429 e. The number of ether oxygens (including phenoxy) is 2. The molecular formula is C28H37N5O8. The number of unbranched alkanes of at least 4 members (excludes halogenated alkanes) is 2. The summed E-state index contributed by atoms with van der Waals surface area (Å²) >= 11 is 0. The molecule has 0 bridgehead atoms. The van der Waals surface area contributed by atoms with Crippen LogP contribution in [0.2, 0.25) is 0 Å². The van der Waals surface area contributed by atoms with Crippen molar-refractivity contribution in [3.05, 3.63) is 64.2 Å². The minimum atomic E-state index is -0.979. The predicted molar refractivity (Wildman–Crippen MR) is 151 cm³/mol. The minimum Gasteiger partial charge on any atom is -0.429 e. The molecule has 0 aliphatic rings. The van der Waals surface area contributed by atoms with Crippen LogP contribution in [0, 0.1) is 16.0 Å². The Balaban J connectivity index is 1.73. The van der Waals surface area contributed by atoms with E-state index in [0.717, 1.165) is 25.8 Å². The molecule has 2 aromatic rings. The topological polar surface area (TPSA) is 178 Å². The maximum atomic E-state index is 12.6. The van der Waals surface area contributed by atoms with Crippen molar-refractivity contribution in [3.8, 4) is 5.75 Å². The van der Waals surface area contributed by atoms with Crippen LogP contribution in [-0.2, 0) is 25.7 Å². The zero-order valence-electron chi connectivity index (χ0n) is 23.4. The van der Waals surface area contributed by atoms with E-state index in [0.29, 0.717) is 17.7 Å². The number of non-ortho nitro benzene ring substituents is 1. The van der Waals surface area contributed by atoms with Crippen LogP contribution >= 0.6 is 0 Å². The molecule has 0 heterocycles. The molecule has 0 aromatic heterocycles. The van der Waals surface area contributed by atoms with E-state index in [9.17, 15) is 29.3 Å². The third-order valence-electron chi connectivity index (χ3n) is 5.86. The molecule has 2 rings (SSSR count). The highest BCUT2D eigenvalue weighted by Gasteiger charge is 2.24. The third-order valence-corrected chi connectivity index (χ3v) is 5.86. The molecule has 3 amide bonds. The first kappa shape index (κ1) is 32.7. The van der Waals surface area contributed by atoms with Crippen LogP contribution in [0.1, 0.15) is 45.1 Å². The van der Waals surface area contributed by atoms with Gasteiger partial charge in [-0.15, -0.1) is 0 Å². The monoisotopic (exact) mass is 571 g/mol. The maximum absolute atomic E-state index is 12.6. The molecule has 0 spiro atoms. The lowest BCUT2D eigenvalue weighted by molar-refractivity contribution is -0.384. The molecule has 0 saturated heterocycles. The molecule has 4 N–H and O–H groups in total. The summed E-state index contributed by atoms with van der Waals surface area (Å²) < 4.78 is 10.0. The largest absolute Gasteiger partial charge is 0.514 e. The number of amides is 3. The van der Waals surface area contributed by atoms with Crippen molar-refractivity contribution in [2.45, 2.75) is 52.2 Å². The van der Waals surface area contributed by atoms with Crippen LogP contribution in [0.25, 0.3) is 0 Å². The fourth-order valence-electron chi connectivity index (χ4n) is 3.62. The number of nitrogens with zero attached hydrogens (tertiary/aromatic N) is 1. The van der Waals surface area contributed by atoms with Gasteiger partial charge >= 0.3 is 6.16 Å². The summed E-state index contributed by atoms with van der Waals surface area (Å²) in [5.41, 5.74) is 0.952. The van der Waals surface area contributed by atoms with Gasteiger partial charge in [-0.3, -0.25) is 24.5 Å². The van der Waals surface area contributed by atoms with Crippen molar-refractivity contribution in [1.29, 1.82) is 0 Å². The Kier molecular flexibility index (Phi) is 13.7. The SMILES string of the molecule is CNCCCCCC(=O)NC(C(=O)NCC(=O)Nc1ccc(COC(=O)Oc2ccc([N+](=O)[O-])cc2)cc1)C(C)C. The number of carbonyl (C=O) groups excluding carboxylic acids is 4. The van der Waals surface area contributed by atoms with Crippen LogP contribution in [0.3, 0.4) is 0 Å². The quantitative estimate of drug-likeness (QED) is 0.0773. The van der Waals surface area contributed by atoms with Crippen molar-refractivity contribution in [3.63, 3.8) is 0 Å². The Hall–Kier alpha value is -4.52. The Morgan fingerprint density at radius 1 is 0.927 bits per heavy atom. The summed E-state index contributed by atoms with van der Waals surface area (Å²) in [5.74, 6) is -1.15. The number of hydrogen-bond donors (Lipinski definition) is 4. The van der Waals surface area contributed by atoms with E-state index < -0.39 is 28.9 Å². The molecule has 0 saturated carbocycles. The van der Waals surface area contributed by atoms with Gasteiger partial charge in [0.1, 0.15) is 18.4 Å². The van der Waals surface area contributed by atoms with Crippen LogP contribution in [0.5, 0.6) is 5.75 Å². The first-order valence-corrected chi connectivity index (χ1v) is 13.3. The van der Waals surface area contributed by atoms with E-state index in [1.165, 1.54) is 24.3 Å². The molecule has 222 valence electrons. The molecule has 41 heavy (non-hydrogen) atoms. The summed E-state index contributed by atoms with van der Waals surface area (Å²) in [5, 5.41) is 21.7. The molecule has 1 unspecified atom stereocenters. The Bertz CT molecular complexity index is 1170. The van der Waals surface area contributed by atoms with Crippen LogP contribution in [-0.4, -0.2) is 55.0 Å². The zero-order chi connectivity index (χ0) is 30.2. The van der Waals surface area contributed by atoms with Crippen LogP contribution in [0.4, 0.5) is 16.2 Å². The molecule has 0 aliphatic heterocycles. The first-order valence-electron chi connectivity index (χ1n) is 13.3. The highest BCUT2D eigenvalue weighted by Crippen LogP contribution is 2.18. The number of nitro benzene ring substituents is 1. The first-order chi connectivity index (χ1) is 19.6. The number of anilines is 1. The van der Waals surface area contributed by atoms with Crippen molar-refractivity contribution in [2.75, 3.05) is 25.5 Å². The molecule has 13 nitrogen and oxygen atoms in total. The standard InChI is InChI=1S/C28H37N5O8/c1-19(2)26(32-24(34)7-5-4-6-16-29-3)27(36)30-17-25(35)31-21-10-8-20(9-11-21)18-40-28(37)41-23-14-12-22(13-15-23)33(38)39/h8-15,19,26,29H,4-7,16-18H2,1-3H3,(H,30,36)(H,31,35)(H,32,34). The Labute approximate surface area is 238 Å². The molecule has 2 aromatic carbocycles. The minimum absolute atomic E-state index is 0.101. The van der Waals surface area contributed by atoms with Crippen molar-refractivity contribution >= 4 is 35.3 Å². The van der Waals surface area contributed by atoms with Crippen LogP contribution in [0.15, 0.2) is 48.5 Å². The lowest BCUT2D eigenvalue weighted by Crippen LogP contribution is -2.51. The van der Waals surface area contributed by atoms with Crippen molar-refractivity contribution in [2.24, 2.45) is 5.92 Å². The number of nitrogens with one attached hydrogen (secondary N) is 4. The number of hydrogen-bond acceptors (Lipinski definition) is 9. The van der Waals surface area contributed by atoms with Gasteiger partial charge in [-0.05, 0) is 62.2 Å². The Morgan fingerprint density at radius 3 is 2.22 bits per heavy atom. The number of benzene rings is 2. The van der Waals surface area contributed by atoms with Gasteiger partial charge < -0.3 is 30.7 Å². The van der Waals surface area contributed by atoms with Gasteiger partial charge in [0.15, 0.2) is 0 Å². The van der Waals surface area contributed by atoms with Gasteiger partial charge in [-0.25, -0.2) is 4.79 Å². The second kappa shape index (κ2) is 17.2. The van der Waals surface area contributed by atoms with Crippen molar-refractivity contribution in [1.82, 2.24) is 16.0 Å². The summed E-state index contributed by atoms with van der Waals surface area (Å²) in [7, 11) is 1.88. The van der Waals surface area contributed by atoms with E-state index in [1.54, 1.807) is 24.3 Å². The van der Waals surface area contributed by atoms with E-state index in [-0.39, 0.29) is 36.4 Å². The fourth-order valence-corrected chi connectivity index (χ4v) is 3.62. The fraction of sp³-hybridized carbons (Fsp3) is 0.429. The van der Waals surface area contributed by atoms with E-state index in [4.69, 9.17) is 9.47 Å². The third kappa shape index (κ3) is 12.5. The number of carbonyl (C=O) groups is 4. The maximum Gasteiger partial charge on any atom is 0.514 e. The average molecular weight is 572 g/mol. The summed E-state index contributed by atoms with van der Waals surface area (Å²) in [6, 6.07) is 10.7. The van der Waals surface area contributed by atoms with Gasteiger partial charge in [0.25, 0.3) is 5.69 Å². The van der Waals surface area contributed by atoms with Gasteiger partial charge in [0.2, 0.25) is 17.7 Å². The lowest BCUT2D eigenvalue weighted by Gasteiger charge is -2.21. The van der Waals surface area contributed by atoms with E-state index >= 15 is 0 Å². The summed E-state index contributed by atoms with van der Waals surface area (Å²) in [6.07, 6.45) is 1.98. The molecule has 1 atom stereocenters. The normalized spacial score (nSPS) is 11.3. The molecule has 0 fully saturated rings. The average Bonchev–Trinajstić information content (AvgIpc) is 2.94. The van der Waals surface area contributed by atoms with Gasteiger partial charge in [0, 0.05) is 24.2 Å². The predicted octanol–water partition coefficient (Wildman–Crippen LogP) is 3.29. The molecule has 0 aliphatic carbocycles. The summed E-state index contributed by atoms with van der Waals surface area (Å²) in [4.78, 5) is 59.2. The second-order valence-corrected chi connectivity index (χ2v) is 9.56. The van der Waals surface area contributed by atoms with Gasteiger partial charge in [-0.1, -0.05) is 32.4 Å². The lowest BCUT2D eigenvalue weighted by atomic mass is 10.0. The molecular weight excluding hydrogens is 534 g/mol. The second-order valence-electron chi connectivity index (χ2n) is 9.56. The zero-order valence-corrected chi connectivity index (χ0v) is 23.4. The Morgan fingerprint density at radius 2 is 1.61 bits per heavy atom. The molecule has 13 heteroatoms. The van der Waals surface area contributed by atoms with Gasteiger partial charge in [0.05, 0.1) is 11.5 Å². The van der Waals surface area contributed by atoms with E-state index in [2.05, 4.69) is 21.3 Å². The highest BCUT2D eigenvalue weighted by molar-refractivity contribution is 5.96. The number of nitro groups is 1.